The molecule has 3 rings (SSSR count). The Morgan fingerprint density at radius 2 is 2.04 bits per heavy atom. The molecule has 2 heterocycles. The van der Waals surface area contributed by atoms with Crippen molar-refractivity contribution in [1.29, 1.82) is 0 Å². The fourth-order valence-corrected chi connectivity index (χ4v) is 5.89. The molecular weight excluding hydrogens is 386 g/mol. The zero-order valence-corrected chi connectivity index (χ0v) is 17.2. The SMILES string of the molecule is CS(=O)(=O)N1CCN(C(=O)Cc2cccs2)CCNC(=O)C2CCCCC21. The maximum absolute atomic E-state index is 12.7. The van der Waals surface area contributed by atoms with E-state index < -0.39 is 10.0 Å². The lowest BCUT2D eigenvalue weighted by Crippen LogP contribution is -2.55. The van der Waals surface area contributed by atoms with E-state index >= 15 is 0 Å². The van der Waals surface area contributed by atoms with Crippen LogP contribution in [0.1, 0.15) is 30.6 Å². The van der Waals surface area contributed by atoms with E-state index in [9.17, 15) is 18.0 Å². The quantitative estimate of drug-likeness (QED) is 0.803. The lowest BCUT2D eigenvalue weighted by Gasteiger charge is -2.39. The average molecular weight is 414 g/mol. The Kier molecular flexibility index (Phi) is 6.54. The van der Waals surface area contributed by atoms with E-state index in [1.54, 1.807) is 4.90 Å². The molecule has 2 unspecified atom stereocenters. The first-order chi connectivity index (χ1) is 12.9. The molecule has 1 aliphatic carbocycles. The molecule has 2 fully saturated rings. The molecule has 2 aliphatic rings. The van der Waals surface area contributed by atoms with Crippen LogP contribution in [0.25, 0.3) is 0 Å². The maximum atomic E-state index is 12.7. The summed E-state index contributed by atoms with van der Waals surface area (Å²) in [6, 6.07) is 3.51. The van der Waals surface area contributed by atoms with Crippen molar-refractivity contribution in [3.05, 3.63) is 22.4 Å². The second-order valence-electron chi connectivity index (χ2n) is 7.26. The molecular formula is C18H27N3O4S2. The van der Waals surface area contributed by atoms with Crippen LogP contribution < -0.4 is 5.32 Å². The fourth-order valence-electron chi connectivity index (χ4n) is 4.04. The van der Waals surface area contributed by atoms with Gasteiger partial charge in [-0.25, -0.2) is 8.42 Å². The largest absolute Gasteiger partial charge is 0.354 e. The van der Waals surface area contributed by atoms with E-state index in [1.807, 2.05) is 17.5 Å². The van der Waals surface area contributed by atoms with E-state index in [0.717, 1.165) is 17.7 Å². The molecule has 27 heavy (non-hydrogen) atoms. The normalized spacial score (nSPS) is 25.5. The Hall–Kier alpha value is -1.45. The highest BCUT2D eigenvalue weighted by Crippen LogP contribution is 2.30. The van der Waals surface area contributed by atoms with Crippen LogP contribution in [0.5, 0.6) is 0 Å². The smallest absolute Gasteiger partial charge is 0.227 e. The first kappa shape index (κ1) is 20.3. The van der Waals surface area contributed by atoms with E-state index in [-0.39, 0.29) is 30.3 Å². The van der Waals surface area contributed by atoms with Gasteiger partial charge >= 0.3 is 0 Å². The minimum atomic E-state index is -3.47. The van der Waals surface area contributed by atoms with Gasteiger partial charge in [-0.15, -0.1) is 11.3 Å². The van der Waals surface area contributed by atoms with Crippen LogP contribution in [0.2, 0.25) is 0 Å². The van der Waals surface area contributed by atoms with Crippen LogP contribution in [0.4, 0.5) is 0 Å². The number of amides is 2. The monoisotopic (exact) mass is 413 g/mol. The summed E-state index contributed by atoms with van der Waals surface area (Å²) in [6.45, 7) is 1.38. The van der Waals surface area contributed by atoms with Crippen molar-refractivity contribution < 1.29 is 18.0 Å². The lowest BCUT2D eigenvalue weighted by molar-refractivity contribution is -0.133. The second-order valence-corrected chi connectivity index (χ2v) is 10.2. The number of nitrogens with zero attached hydrogens (tertiary/aromatic N) is 2. The van der Waals surface area contributed by atoms with Crippen LogP contribution in [0.15, 0.2) is 17.5 Å². The van der Waals surface area contributed by atoms with Gasteiger partial charge in [0.15, 0.2) is 0 Å². The molecule has 0 radical (unpaired) electrons. The van der Waals surface area contributed by atoms with E-state index in [2.05, 4.69) is 5.32 Å². The van der Waals surface area contributed by atoms with Gasteiger partial charge in [0.2, 0.25) is 21.8 Å². The van der Waals surface area contributed by atoms with Gasteiger partial charge in [-0.1, -0.05) is 18.9 Å². The highest BCUT2D eigenvalue weighted by Gasteiger charge is 2.39. The summed E-state index contributed by atoms with van der Waals surface area (Å²) in [5.74, 6) is -0.441. The Bertz CT molecular complexity index is 764. The number of nitrogens with one attached hydrogen (secondary N) is 1. The van der Waals surface area contributed by atoms with Gasteiger partial charge in [-0.2, -0.15) is 4.31 Å². The molecule has 2 atom stereocenters. The summed E-state index contributed by atoms with van der Waals surface area (Å²) in [5, 5.41) is 4.85. The first-order valence-electron chi connectivity index (χ1n) is 9.41. The van der Waals surface area contributed by atoms with Gasteiger partial charge in [-0.3, -0.25) is 9.59 Å². The topological polar surface area (TPSA) is 86.8 Å². The summed E-state index contributed by atoms with van der Waals surface area (Å²) >= 11 is 1.53. The van der Waals surface area contributed by atoms with E-state index in [1.165, 1.54) is 21.9 Å². The standard InChI is InChI=1S/C18H27N3O4S2/c1-27(24,25)21-11-10-20(17(22)13-14-5-4-12-26-14)9-8-19-18(23)15-6-2-3-7-16(15)21/h4-5,12,15-16H,2-3,6-11,13H2,1H3,(H,19,23). The molecule has 1 aromatic heterocycles. The fraction of sp³-hybridized carbons (Fsp3) is 0.667. The van der Waals surface area contributed by atoms with E-state index in [0.29, 0.717) is 38.9 Å². The predicted molar refractivity (Wildman–Crippen MR) is 105 cm³/mol. The summed E-state index contributed by atoms with van der Waals surface area (Å²) in [5.41, 5.74) is 0. The molecule has 0 spiro atoms. The van der Waals surface area contributed by atoms with Crippen molar-refractivity contribution in [3.63, 3.8) is 0 Å². The van der Waals surface area contributed by atoms with Gasteiger partial charge in [0, 0.05) is 37.1 Å². The molecule has 1 aliphatic heterocycles. The number of sulfonamides is 1. The van der Waals surface area contributed by atoms with Crippen LogP contribution in [0, 0.1) is 5.92 Å². The number of hydrogen-bond donors (Lipinski definition) is 1. The van der Waals surface area contributed by atoms with Crippen molar-refractivity contribution in [2.75, 3.05) is 32.4 Å². The Labute approximate surface area is 164 Å². The van der Waals surface area contributed by atoms with Gasteiger partial charge in [0.05, 0.1) is 18.6 Å². The number of fused-ring (bicyclic) bond motifs is 1. The van der Waals surface area contributed by atoms with Crippen molar-refractivity contribution in [3.8, 4) is 0 Å². The summed E-state index contributed by atoms with van der Waals surface area (Å²) < 4.78 is 26.3. The third kappa shape index (κ3) is 5.08. The first-order valence-corrected chi connectivity index (χ1v) is 12.1. The third-order valence-corrected chi connectivity index (χ3v) is 7.57. The Morgan fingerprint density at radius 1 is 1.26 bits per heavy atom. The summed E-state index contributed by atoms with van der Waals surface area (Å²) in [7, 11) is -3.47. The van der Waals surface area contributed by atoms with Crippen molar-refractivity contribution in [1.82, 2.24) is 14.5 Å². The number of carbonyl (C=O) groups is 2. The van der Waals surface area contributed by atoms with E-state index in [4.69, 9.17) is 0 Å². The summed E-state index contributed by atoms with van der Waals surface area (Å²) in [6.07, 6.45) is 4.76. The molecule has 1 N–H and O–H groups in total. The highest BCUT2D eigenvalue weighted by molar-refractivity contribution is 7.88. The molecule has 2 amide bonds. The molecule has 0 aromatic carbocycles. The van der Waals surface area contributed by atoms with Crippen LogP contribution in [-0.2, 0) is 26.0 Å². The minimum Gasteiger partial charge on any atom is -0.354 e. The third-order valence-electron chi connectivity index (χ3n) is 5.39. The van der Waals surface area contributed by atoms with Crippen molar-refractivity contribution >= 4 is 33.2 Å². The number of thiophene rings is 1. The van der Waals surface area contributed by atoms with Gasteiger partial charge in [-0.05, 0) is 24.3 Å². The predicted octanol–water partition coefficient (Wildman–Crippen LogP) is 1.07. The van der Waals surface area contributed by atoms with Crippen molar-refractivity contribution in [2.45, 2.75) is 38.1 Å². The summed E-state index contributed by atoms with van der Waals surface area (Å²) in [4.78, 5) is 28.0. The molecule has 0 bridgehead atoms. The zero-order chi connectivity index (χ0) is 19.4. The van der Waals surface area contributed by atoms with Crippen LogP contribution >= 0.6 is 11.3 Å². The minimum absolute atomic E-state index is 0.0408. The lowest BCUT2D eigenvalue weighted by atomic mass is 9.83. The number of rotatable bonds is 3. The van der Waals surface area contributed by atoms with Gasteiger partial charge in [0.1, 0.15) is 0 Å². The molecule has 9 heteroatoms. The van der Waals surface area contributed by atoms with Crippen LogP contribution in [0.3, 0.4) is 0 Å². The van der Waals surface area contributed by atoms with Gasteiger partial charge < -0.3 is 10.2 Å². The molecule has 7 nitrogen and oxygen atoms in total. The Balaban J connectivity index is 1.79. The van der Waals surface area contributed by atoms with Gasteiger partial charge in [0.25, 0.3) is 0 Å². The number of carbonyl (C=O) groups excluding carboxylic acids is 2. The molecule has 1 saturated carbocycles. The number of hydrogen-bond acceptors (Lipinski definition) is 5. The van der Waals surface area contributed by atoms with Crippen LogP contribution in [-0.4, -0.2) is 67.9 Å². The maximum Gasteiger partial charge on any atom is 0.227 e. The van der Waals surface area contributed by atoms with Crippen molar-refractivity contribution in [2.24, 2.45) is 5.92 Å². The zero-order valence-electron chi connectivity index (χ0n) is 15.6. The Morgan fingerprint density at radius 3 is 2.74 bits per heavy atom. The molecule has 150 valence electrons. The average Bonchev–Trinajstić information content (AvgIpc) is 3.12. The second kappa shape index (κ2) is 8.70. The molecule has 1 aromatic rings. The molecule has 1 saturated heterocycles. The highest BCUT2D eigenvalue weighted by atomic mass is 32.2.